The predicted octanol–water partition coefficient (Wildman–Crippen LogP) is 4.41. The van der Waals surface area contributed by atoms with Gasteiger partial charge < -0.3 is 14.6 Å². The molecule has 1 amide bonds. The molecule has 0 spiro atoms. The molecule has 6 heteroatoms. The lowest BCUT2D eigenvalue weighted by molar-refractivity contribution is -0.145. The number of nitrogens with zero attached hydrogens (tertiary/aromatic N) is 1. The zero-order valence-corrected chi connectivity index (χ0v) is 20.3. The fourth-order valence-electron chi connectivity index (χ4n) is 5.17. The van der Waals surface area contributed by atoms with Crippen LogP contribution in [0.1, 0.15) is 100 Å². The van der Waals surface area contributed by atoms with Crippen molar-refractivity contribution in [2.45, 2.75) is 104 Å². The van der Waals surface area contributed by atoms with Crippen molar-refractivity contribution in [2.75, 3.05) is 7.11 Å². The van der Waals surface area contributed by atoms with Crippen molar-refractivity contribution in [2.24, 2.45) is 11.3 Å². The maximum absolute atomic E-state index is 13.6. The molecule has 2 aliphatic rings. The number of hydrogen-bond donors (Lipinski definition) is 1. The molecule has 1 saturated carbocycles. The van der Waals surface area contributed by atoms with Gasteiger partial charge in [0.2, 0.25) is 0 Å². The molecule has 1 unspecified atom stereocenters. The molecule has 0 aliphatic heterocycles. The number of pyridine rings is 1. The number of carbonyl (C=O) groups is 2. The van der Waals surface area contributed by atoms with E-state index in [0.717, 1.165) is 49.8 Å². The number of methoxy groups -OCH3 is 1. The molecule has 178 valence electrons. The SMILES string of the molecule is COC(=O)C(NC(=O)c1cc2c(n(CC3CCCCC3)c1=O)CCCCCC2)C(C)(C)C. The van der Waals surface area contributed by atoms with E-state index >= 15 is 0 Å². The van der Waals surface area contributed by atoms with Crippen LogP contribution in [0.4, 0.5) is 0 Å². The molecule has 2 aliphatic carbocycles. The molecule has 1 atom stereocenters. The van der Waals surface area contributed by atoms with E-state index in [9.17, 15) is 14.4 Å². The first-order valence-corrected chi connectivity index (χ1v) is 12.4. The van der Waals surface area contributed by atoms with Crippen molar-refractivity contribution in [3.63, 3.8) is 0 Å². The summed E-state index contributed by atoms with van der Waals surface area (Å²) in [5, 5.41) is 2.80. The van der Waals surface area contributed by atoms with Crippen LogP contribution in [0.25, 0.3) is 0 Å². The van der Waals surface area contributed by atoms with Gasteiger partial charge >= 0.3 is 5.97 Å². The predicted molar refractivity (Wildman–Crippen MR) is 126 cm³/mol. The summed E-state index contributed by atoms with van der Waals surface area (Å²) in [6.45, 7) is 6.31. The van der Waals surface area contributed by atoms with Crippen molar-refractivity contribution in [3.8, 4) is 0 Å². The third-order valence-corrected chi connectivity index (χ3v) is 7.09. The molecule has 1 fully saturated rings. The second-order valence-corrected chi connectivity index (χ2v) is 10.7. The number of aromatic nitrogens is 1. The minimum atomic E-state index is -0.826. The number of carbonyl (C=O) groups excluding carboxylic acids is 2. The Kier molecular flexibility index (Phi) is 8.18. The van der Waals surface area contributed by atoms with Gasteiger partial charge in [-0.05, 0) is 61.5 Å². The molecular formula is C26H40N2O4. The van der Waals surface area contributed by atoms with Crippen LogP contribution in [-0.2, 0) is 28.9 Å². The number of fused-ring (bicyclic) bond motifs is 1. The van der Waals surface area contributed by atoms with Gasteiger partial charge in [0.1, 0.15) is 11.6 Å². The molecule has 0 bridgehead atoms. The summed E-state index contributed by atoms with van der Waals surface area (Å²) < 4.78 is 6.83. The first kappa shape index (κ1) is 24.5. The molecule has 32 heavy (non-hydrogen) atoms. The molecule has 1 aromatic heterocycles. The fourth-order valence-corrected chi connectivity index (χ4v) is 5.17. The van der Waals surface area contributed by atoms with Gasteiger partial charge in [-0.3, -0.25) is 9.59 Å². The maximum atomic E-state index is 13.6. The van der Waals surface area contributed by atoms with Gasteiger partial charge in [-0.15, -0.1) is 0 Å². The van der Waals surface area contributed by atoms with E-state index in [4.69, 9.17) is 4.74 Å². The highest BCUT2D eigenvalue weighted by atomic mass is 16.5. The standard InChI is InChI=1S/C26H40N2O4/c1-26(2,3)22(25(31)32-4)27-23(29)20-16-19-14-10-5-6-11-15-21(19)28(24(20)30)17-18-12-8-7-9-13-18/h16,18,22H,5-15,17H2,1-4H3,(H,27,29). The third kappa shape index (κ3) is 5.81. The van der Waals surface area contributed by atoms with Crippen molar-refractivity contribution in [1.29, 1.82) is 0 Å². The number of amides is 1. The Morgan fingerprint density at radius 3 is 2.31 bits per heavy atom. The van der Waals surface area contributed by atoms with E-state index in [0.29, 0.717) is 12.5 Å². The molecule has 0 aromatic carbocycles. The Balaban J connectivity index is 2.00. The average Bonchev–Trinajstić information content (AvgIpc) is 2.74. The number of ether oxygens (including phenoxy) is 1. The van der Waals surface area contributed by atoms with Crippen LogP contribution in [0.2, 0.25) is 0 Å². The van der Waals surface area contributed by atoms with E-state index in [1.54, 1.807) is 6.07 Å². The molecule has 1 heterocycles. The van der Waals surface area contributed by atoms with Gasteiger partial charge in [0.25, 0.3) is 11.5 Å². The van der Waals surface area contributed by atoms with Crippen LogP contribution in [-0.4, -0.2) is 29.6 Å². The first-order chi connectivity index (χ1) is 15.2. The lowest BCUT2D eigenvalue weighted by Crippen LogP contribution is -2.51. The highest BCUT2D eigenvalue weighted by Crippen LogP contribution is 2.27. The van der Waals surface area contributed by atoms with Gasteiger partial charge in [-0.1, -0.05) is 52.9 Å². The van der Waals surface area contributed by atoms with Crippen molar-refractivity contribution < 1.29 is 14.3 Å². The zero-order valence-electron chi connectivity index (χ0n) is 20.3. The zero-order chi connectivity index (χ0) is 23.3. The van der Waals surface area contributed by atoms with Gasteiger partial charge in [-0.25, -0.2) is 4.79 Å². The highest BCUT2D eigenvalue weighted by Gasteiger charge is 2.35. The molecule has 3 rings (SSSR count). The summed E-state index contributed by atoms with van der Waals surface area (Å²) in [7, 11) is 1.32. The molecular weight excluding hydrogens is 404 g/mol. The lowest BCUT2D eigenvalue weighted by atomic mass is 9.86. The van der Waals surface area contributed by atoms with E-state index in [1.807, 2.05) is 25.3 Å². The average molecular weight is 445 g/mol. The molecule has 0 radical (unpaired) electrons. The number of aryl methyl sites for hydroxylation is 1. The summed E-state index contributed by atoms with van der Waals surface area (Å²) in [4.78, 5) is 39.2. The highest BCUT2D eigenvalue weighted by molar-refractivity contribution is 5.97. The summed E-state index contributed by atoms with van der Waals surface area (Å²) in [5.74, 6) is -0.492. The van der Waals surface area contributed by atoms with E-state index in [1.165, 1.54) is 39.2 Å². The largest absolute Gasteiger partial charge is 0.467 e. The van der Waals surface area contributed by atoms with E-state index < -0.39 is 23.3 Å². The van der Waals surface area contributed by atoms with Crippen LogP contribution < -0.4 is 10.9 Å². The van der Waals surface area contributed by atoms with Gasteiger partial charge in [0.05, 0.1) is 7.11 Å². The molecule has 0 saturated heterocycles. The minimum absolute atomic E-state index is 0.151. The molecule has 1 N–H and O–H groups in total. The Labute approximate surface area is 192 Å². The summed E-state index contributed by atoms with van der Waals surface area (Å²) >= 11 is 0. The van der Waals surface area contributed by atoms with Crippen molar-refractivity contribution in [3.05, 3.63) is 33.2 Å². The van der Waals surface area contributed by atoms with Crippen LogP contribution in [0.3, 0.4) is 0 Å². The number of esters is 1. The van der Waals surface area contributed by atoms with Crippen LogP contribution in [0, 0.1) is 11.3 Å². The maximum Gasteiger partial charge on any atom is 0.328 e. The first-order valence-electron chi connectivity index (χ1n) is 12.4. The second-order valence-electron chi connectivity index (χ2n) is 10.7. The fraction of sp³-hybridized carbons (Fsp3) is 0.731. The summed E-state index contributed by atoms with van der Waals surface area (Å²) in [6, 6.07) is 0.973. The van der Waals surface area contributed by atoms with Crippen molar-refractivity contribution >= 4 is 11.9 Å². The van der Waals surface area contributed by atoms with Crippen molar-refractivity contribution in [1.82, 2.24) is 9.88 Å². The Morgan fingerprint density at radius 1 is 1.06 bits per heavy atom. The number of rotatable bonds is 5. The van der Waals surface area contributed by atoms with Crippen LogP contribution >= 0.6 is 0 Å². The second kappa shape index (κ2) is 10.7. The van der Waals surface area contributed by atoms with Gasteiger partial charge in [-0.2, -0.15) is 0 Å². The Morgan fingerprint density at radius 2 is 1.69 bits per heavy atom. The quantitative estimate of drug-likeness (QED) is 0.683. The van der Waals surface area contributed by atoms with E-state index in [-0.39, 0.29) is 11.1 Å². The number of nitrogens with one attached hydrogen (secondary N) is 1. The number of hydrogen-bond acceptors (Lipinski definition) is 4. The van der Waals surface area contributed by atoms with Gasteiger partial charge in [0, 0.05) is 12.2 Å². The van der Waals surface area contributed by atoms with Gasteiger partial charge in [0.15, 0.2) is 0 Å². The minimum Gasteiger partial charge on any atom is -0.467 e. The monoisotopic (exact) mass is 444 g/mol. The van der Waals surface area contributed by atoms with E-state index in [2.05, 4.69) is 5.32 Å². The normalized spacial score (nSPS) is 18.8. The third-order valence-electron chi connectivity index (χ3n) is 7.09. The molecule has 1 aromatic rings. The summed E-state index contributed by atoms with van der Waals surface area (Å²) in [6.07, 6.45) is 12.3. The smallest absolute Gasteiger partial charge is 0.328 e. The Hall–Kier alpha value is -2.11. The summed E-state index contributed by atoms with van der Waals surface area (Å²) in [5.41, 5.74) is 1.64. The Bertz CT molecular complexity index is 875. The van der Waals surface area contributed by atoms with Crippen LogP contribution in [0.5, 0.6) is 0 Å². The molecule has 6 nitrogen and oxygen atoms in total. The topological polar surface area (TPSA) is 77.4 Å². The lowest BCUT2D eigenvalue weighted by Gasteiger charge is -2.29. The van der Waals surface area contributed by atoms with Crippen LogP contribution in [0.15, 0.2) is 10.9 Å².